The molecule has 2 heterocycles. The van der Waals surface area contributed by atoms with Gasteiger partial charge in [0.15, 0.2) is 11.5 Å². The van der Waals surface area contributed by atoms with Crippen LogP contribution in [0.25, 0.3) is 0 Å². The molecule has 8 rings (SSSR count). The van der Waals surface area contributed by atoms with Gasteiger partial charge in [-0.2, -0.15) is 0 Å². The number of likely N-dealkylation sites (tertiary alicyclic amines) is 1. The van der Waals surface area contributed by atoms with Crippen molar-refractivity contribution >= 4 is 11.7 Å². The number of anilines is 1. The van der Waals surface area contributed by atoms with Crippen LogP contribution in [-0.4, -0.2) is 59.5 Å². The summed E-state index contributed by atoms with van der Waals surface area (Å²) in [6, 6.07) is 23.4. The molecule has 5 atom stereocenters. The summed E-state index contributed by atoms with van der Waals surface area (Å²) >= 11 is 0. The first-order valence-corrected chi connectivity index (χ1v) is 18.7. The molecule has 2 saturated carbocycles. The van der Waals surface area contributed by atoms with Crippen LogP contribution < -0.4 is 9.80 Å². The third-order valence-electron chi connectivity index (χ3n) is 11.8. The van der Waals surface area contributed by atoms with E-state index >= 15 is 0 Å². The third-order valence-corrected chi connectivity index (χ3v) is 11.8. The van der Waals surface area contributed by atoms with Gasteiger partial charge in [-0.25, -0.2) is 5.06 Å². The van der Waals surface area contributed by atoms with Crippen molar-refractivity contribution in [1.82, 2.24) is 4.90 Å². The van der Waals surface area contributed by atoms with E-state index in [0.29, 0.717) is 37.2 Å². The van der Waals surface area contributed by atoms with Crippen molar-refractivity contribution in [2.24, 2.45) is 11.8 Å². The molecule has 0 unspecified atom stereocenters. The number of phenols is 1. The molecule has 3 fully saturated rings. The summed E-state index contributed by atoms with van der Waals surface area (Å²) in [7, 11) is 0. The highest BCUT2D eigenvalue weighted by molar-refractivity contribution is 5.71. The molecule has 1 saturated heterocycles. The van der Waals surface area contributed by atoms with E-state index in [0.717, 1.165) is 62.2 Å². The quantitative estimate of drug-likeness (QED) is 0.122. The first-order chi connectivity index (χ1) is 23.7. The number of carbonyl (C=O) groups is 1. The number of phenolic OH excluding ortho intramolecular Hbond substituents is 1. The summed E-state index contributed by atoms with van der Waals surface area (Å²) < 4.78 is 12.7. The van der Waals surface area contributed by atoms with Crippen molar-refractivity contribution in [1.29, 1.82) is 0 Å². The molecule has 2 bridgehead atoms. The highest BCUT2D eigenvalue weighted by atomic mass is 16.7. The highest BCUT2D eigenvalue weighted by Gasteiger charge is 2.67. The first kappa shape index (κ1) is 32.6. The summed E-state index contributed by atoms with van der Waals surface area (Å²) in [5, 5.41) is 13.4. The lowest BCUT2D eigenvalue weighted by atomic mass is 9.51. The van der Waals surface area contributed by atoms with Gasteiger partial charge < -0.3 is 14.6 Å². The van der Waals surface area contributed by atoms with Crippen LogP contribution in [0.2, 0.25) is 0 Å². The number of hydrogen-bond acceptors (Lipinski definition) is 7. The number of ether oxygens (including phenoxy) is 2. The predicted octanol–water partition coefficient (Wildman–Crippen LogP) is 7.56. The summed E-state index contributed by atoms with van der Waals surface area (Å²) in [6.45, 7) is 8.59. The lowest BCUT2D eigenvalue weighted by Gasteiger charge is -2.60. The molecule has 2 aliphatic heterocycles. The van der Waals surface area contributed by atoms with Gasteiger partial charge >= 0.3 is 5.97 Å². The topological polar surface area (TPSA) is 71.5 Å². The number of esters is 1. The van der Waals surface area contributed by atoms with E-state index in [4.69, 9.17) is 14.3 Å². The molecule has 7 heteroatoms. The maximum absolute atomic E-state index is 12.8. The molecule has 0 radical (unpaired) electrons. The van der Waals surface area contributed by atoms with Gasteiger partial charge in [0, 0.05) is 30.0 Å². The van der Waals surface area contributed by atoms with Gasteiger partial charge in [0.05, 0.1) is 18.3 Å². The molecular formula is C42H52N2O5. The number of carbonyl (C=O) groups excluding carboxylic acids is 1. The van der Waals surface area contributed by atoms with Crippen molar-refractivity contribution in [3.8, 4) is 11.5 Å². The van der Waals surface area contributed by atoms with Crippen LogP contribution in [0.4, 0.5) is 5.69 Å². The largest absolute Gasteiger partial charge is 0.504 e. The second-order valence-electron chi connectivity index (χ2n) is 16.2. The highest BCUT2D eigenvalue weighted by Crippen LogP contribution is 2.64. The van der Waals surface area contributed by atoms with Crippen LogP contribution >= 0.6 is 0 Å². The second-order valence-corrected chi connectivity index (χ2v) is 16.2. The minimum Gasteiger partial charge on any atom is -0.504 e. The van der Waals surface area contributed by atoms with Gasteiger partial charge in [0.2, 0.25) is 0 Å². The second kappa shape index (κ2) is 13.0. The Balaban J connectivity index is 1.12. The lowest BCUT2D eigenvalue weighted by Crippen LogP contribution is -2.69. The molecule has 1 spiro atoms. The smallest absolute Gasteiger partial charge is 0.306 e. The average molecular weight is 665 g/mol. The van der Waals surface area contributed by atoms with E-state index in [9.17, 15) is 9.90 Å². The van der Waals surface area contributed by atoms with E-state index in [1.54, 1.807) is 0 Å². The molecule has 3 aromatic carbocycles. The van der Waals surface area contributed by atoms with Gasteiger partial charge in [-0.15, -0.1) is 0 Å². The maximum Gasteiger partial charge on any atom is 0.306 e. The molecule has 3 aromatic rings. The van der Waals surface area contributed by atoms with Gasteiger partial charge in [-0.05, 0) is 126 Å². The standard InChI is InChI=1S/C42H52N2O5/c1-41(2,3)49-37(46)22-18-30-13-7-8-14-33(30)44(47-25-9-12-28-10-5-4-6-11-28)34-20-19-32-35-26-31-17-21-36(45)39-38(31)42(32,40(34)48-39)23-24-43(35)27-29-15-16-29/h4-8,10-11,13-14,17,21,29,32,34-35,40,45H,9,12,15-16,18-20,22-27H2,1-3H3/t32-,34-,35+,40-,42-/m0/s1. The number of benzene rings is 3. The molecule has 260 valence electrons. The zero-order chi connectivity index (χ0) is 33.8. The number of hydrogen-bond donors (Lipinski definition) is 1. The Morgan fingerprint density at radius 2 is 1.80 bits per heavy atom. The Morgan fingerprint density at radius 1 is 1.00 bits per heavy atom. The number of para-hydroxylation sites is 1. The van der Waals surface area contributed by atoms with E-state index < -0.39 is 5.60 Å². The number of rotatable bonds is 12. The third kappa shape index (κ3) is 6.22. The van der Waals surface area contributed by atoms with Crippen molar-refractivity contribution < 1.29 is 24.2 Å². The van der Waals surface area contributed by atoms with Gasteiger partial charge in [0.1, 0.15) is 11.7 Å². The van der Waals surface area contributed by atoms with Crippen molar-refractivity contribution in [3.63, 3.8) is 0 Å². The lowest BCUT2D eigenvalue weighted by molar-refractivity contribution is -0.154. The SMILES string of the molecule is CC(C)(C)OC(=O)CCc1ccccc1N(OCCCc1ccccc1)[C@H]1CC[C@H]2[C@H]3Cc4ccc(O)c5c4[C@@]2(CCN3CC2CC2)[C@H]1O5. The van der Waals surface area contributed by atoms with Crippen LogP contribution in [-0.2, 0) is 39.0 Å². The number of piperidine rings is 1. The Bertz CT molecular complexity index is 1670. The Hall–Kier alpha value is -3.55. The average Bonchev–Trinajstić information content (AvgIpc) is 3.83. The van der Waals surface area contributed by atoms with E-state index in [1.165, 1.54) is 36.1 Å². The zero-order valence-corrected chi connectivity index (χ0v) is 29.4. The molecule has 7 nitrogen and oxygen atoms in total. The number of aryl methyl sites for hydroxylation is 2. The van der Waals surface area contributed by atoms with Crippen LogP contribution in [0, 0.1) is 11.8 Å². The molecule has 3 aliphatic carbocycles. The van der Waals surface area contributed by atoms with Gasteiger partial charge in [-0.3, -0.25) is 14.5 Å². The predicted molar refractivity (Wildman–Crippen MR) is 191 cm³/mol. The fourth-order valence-electron chi connectivity index (χ4n) is 9.69. The van der Waals surface area contributed by atoms with Crippen LogP contribution in [0.3, 0.4) is 0 Å². The molecule has 0 amide bonds. The van der Waals surface area contributed by atoms with E-state index in [1.807, 2.05) is 32.9 Å². The van der Waals surface area contributed by atoms with Crippen LogP contribution in [0.15, 0.2) is 66.7 Å². The summed E-state index contributed by atoms with van der Waals surface area (Å²) in [4.78, 5) is 22.6. The van der Waals surface area contributed by atoms with Crippen molar-refractivity contribution in [2.45, 2.75) is 114 Å². The number of nitrogens with zero attached hydrogens (tertiary/aromatic N) is 2. The fraction of sp³-hybridized carbons (Fsp3) is 0.548. The minimum absolute atomic E-state index is 0.0518. The van der Waals surface area contributed by atoms with Crippen LogP contribution in [0.1, 0.15) is 88.0 Å². The normalized spacial score (nSPS) is 26.9. The Morgan fingerprint density at radius 3 is 2.59 bits per heavy atom. The van der Waals surface area contributed by atoms with Gasteiger partial charge in [0.25, 0.3) is 0 Å². The molecule has 0 aromatic heterocycles. The fourth-order valence-corrected chi connectivity index (χ4v) is 9.69. The summed E-state index contributed by atoms with van der Waals surface area (Å²) in [6.07, 6.45) is 9.37. The Kier molecular flexibility index (Phi) is 8.64. The van der Waals surface area contributed by atoms with E-state index in [-0.39, 0.29) is 29.3 Å². The van der Waals surface area contributed by atoms with Gasteiger partial charge in [-0.1, -0.05) is 54.6 Å². The monoisotopic (exact) mass is 664 g/mol. The van der Waals surface area contributed by atoms with E-state index in [2.05, 4.69) is 64.6 Å². The number of hydroxylamine groups is 1. The Labute approximate surface area is 291 Å². The maximum atomic E-state index is 12.8. The summed E-state index contributed by atoms with van der Waals surface area (Å²) in [5.41, 5.74) is 5.31. The van der Waals surface area contributed by atoms with Crippen molar-refractivity contribution in [3.05, 3.63) is 89.0 Å². The van der Waals surface area contributed by atoms with Crippen LogP contribution in [0.5, 0.6) is 11.5 Å². The summed E-state index contributed by atoms with van der Waals surface area (Å²) in [5.74, 6) is 2.11. The minimum atomic E-state index is -0.520. The number of aromatic hydroxyl groups is 1. The zero-order valence-electron chi connectivity index (χ0n) is 29.4. The molecular weight excluding hydrogens is 612 g/mol. The van der Waals surface area contributed by atoms with Crippen molar-refractivity contribution in [2.75, 3.05) is 24.8 Å². The molecule has 49 heavy (non-hydrogen) atoms. The molecule has 1 N–H and O–H groups in total. The molecule has 5 aliphatic rings. The first-order valence-electron chi connectivity index (χ1n) is 18.7.